The van der Waals surface area contributed by atoms with E-state index < -0.39 is 12.0 Å². The number of esters is 1. The molecule has 0 spiro atoms. The van der Waals surface area contributed by atoms with Crippen LogP contribution in [0.4, 0.5) is 0 Å². The lowest BCUT2D eigenvalue weighted by atomic mass is 9.93. The Labute approximate surface area is 250 Å². The second-order valence-electron chi connectivity index (χ2n) is 9.99. The van der Waals surface area contributed by atoms with Gasteiger partial charge in [-0.05, 0) is 42.2 Å². The highest BCUT2D eigenvalue weighted by Crippen LogP contribution is 2.45. The highest BCUT2D eigenvalue weighted by Gasteiger charge is 2.41. The number of rotatable bonds is 12. The molecule has 2 aromatic rings. The van der Waals surface area contributed by atoms with Gasteiger partial charge in [0.2, 0.25) is 5.91 Å². The number of nitrogens with zero attached hydrogens (tertiary/aromatic N) is 3. The summed E-state index contributed by atoms with van der Waals surface area (Å²) in [6, 6.07) is 16.6. The number of benzene rings is 2. The van der Waals surface area contributed by atoms with Gasteiger partial charge in [0, 0.05) is 39.0 Å². The molecule has 10 nitrogen and oxygen atoms in total. The molecular formula is C31H36N4O6S. The third-order valence-electron chi connectivity index (χ3n) is 7.09. The zero-order valence-corrected chi connectivity index (χ0v) is 24.7. The first-order chi connectivity index (χ1) is 20.5. The number of para-hydroxylation sites is 1. The second kappa shape index (κ2) is 14.5. The van der Waals surface area contributed by atoms with Crippen molar-refractivity contribution < 1.29 is 28.5 Å². The van der Waals surface area contributed by atoms with Crippen molar-refractivity contribution >= 4 is 28.8 Å². The lowest BCUT2D eigenvalue weighted by molar-refractivity contribution is -0.141. The van der Waals surface area contributed by atoms with E-state index in [9.17, 15) is 9.59 Å². The van der Waals surface area contributed by atoms with Crippen LogP contribution in [0, 0.1) is 0 Å². The van der Waals surface area contributed by atoms with Gasteiger partial charge < -0.3 is 29.2 Å². The fourth-order valence-corrected chi connectivity index (χ4v) is 5.98. The highest BCUT2D eigenvalue weighted by molar-refractivity contribution is 8.16. The molecule has 1 saturated heterocycles. The third kappa shape index (κ3) is 7.40. The van der Waals surface area contributed by atoms with Crippen molar-refractivity contribution in [2.75, 3.05) is 59.7 Å². The van der Waals surface area contributed by atoms with Gasteiger partial charge in [0.25, 0.3) is 0 Å². The smallest absolute Gasteiger partial charge is 0.338 e. The Morgan fingerprint density at radius 1 is 1.07 bits per heavy atom. The Balaban J connectivity index is 1.38. The van der Waals surface area contributed by atoms with E-state index in [-0.39, 0.29) is 25.5 Å². The van der Waals surface area contributed by atoms with Crippen LogP contribution in [0.3, 0.4) is 0 Å². The topological polar surface area (TPSA) is 102 Å². The molecule has 0 aromatic heterocycles. The number of hydrogen-bond donors (Lipinski definition) is 1. The van der Waals surface area contributed by atoms with Crippen LogP contribution in [0.5, 0.6) is 11.5 Å². The number of morpholine rings is 1. The average Bonchev–Trinajstić information content (AvgIpc) is 3.39. The van der Waals surface area contributed by atoms with Crippen LogP contribution in [0.1, 0.15) is 24.9 Å². The van der Waals surface area contributed by atoms with Gasteiger partial charge in [-0.1, -0.05) is 42.1 Å². The highest BCUT2D eigenvalue weighted by atomic mass is 32.2. The van der Waals surface area contributed by atoms with Gasteiger partial charge in [-0.25, -0.2) is 9.79 Å². The van der Waals surface area contributed by atoms with Gasteiger partial charge in [0.15, 0.2) is 5.17 Å². The molecule has 0 saturated carbocycles. The Hall–Kier alpha value is -3.64. The number of fused-ring (bicyclic) bond motifs is 1. The molecule has 1 amide bonds. The van der Waals surface area contributed by atoms with Crippen LogP contribution in [0.25, 0.3) is 0 Å². The summed E-state index contributed by atoms with van der Waals surface area (Å²) in [4.78, 5) is 35.5. The maximum absolute atomic E-state index is 13.5. The van der Waals surface area contributed by atoms with Crippen molar-refractivity contribution in [1.82, 2.24) is 15.1 Å². The number of allylic oxidation sites excluding steroid dienone is 1. The Morgan fingerprint density at radius 3 is 2.64 bits per heavy atom. The van der Waals surface area contributed by atoms with Crippen LogP contribution >= 0.6 is 11.8 Å². The van der Waals surface area contributed by atoms with E-state index in [1.165, 1.54) is 11.8 Å². The Kier molecular flexibility index (Phi) is 10.3. The van der Waals surface area contributed by atoms with E-state index in [1.807, 2.05) is 71.8 Å². The Morgan fingerprint density at radius 2 is 1.86 bits per heavy atom. The summed E-state index contributed by atoms with van der Waals surface area (Å²) in [6.07, 6.45) is 0.150. The number of hydrogen-bond acceptors (Lipinski definition) is 10. The minimum atomic E-state index is -0.561. The van der Waals surface area contributed by atoms with Crippen molar-refractivity contribution in [2.45, 2.75) is 19.4 Å². The van der Waals surface area contributed by atoms with E-state index in [0.29, 0.717) is 34.5 Å². The molecule has 11 heteroatoms. The molecule has 1 unspecified atom stereocenters. The summed E-state index contributed by atoms with van der Waals surface area (Å²) >= 11 is 1.44. The van der Waals surface area contributed by atoms with Gasteiger partial charge in [-0.3, -0.25) is 9.69 Å². The predicted octanol–water partition coefficient (Wildman–Crippen LogP) is 4.08. The van der Waals surface area contributed by atoms with Crippen molar-refractivity contribution in [3.05, 3.63) is 82.5 Å². The number of aliphatic imine (C=N–C) groups is 1. The van der Waals surface area contributed by atoms with Gasteiger partial charge in [0.05, 0.1) is 43.6 Å². The van der Waals surface area contributed by atoms with E-state index in [0.717, 1.165) is 44.1 Å². The molecule has 3 heterocycles. The van der Waals surface area contributed by atoms with Crippen molar-refractivity contribution in [1.29, 1.82) is 0 Å². The molecule has 3 aliphatic heterocycles. The maximum atomic E-state index is 13.5. The molecule has 0 bridgehead atoms. The van der Waals surface area contributed by atoms with Gasteiger partial charge in [-0.2, -0.15) is 0 Å². The van der Waals surface area contributed by atoms with Crippen LogP contribution in [-0.2, 0) is 23.8 Å². The molecular weight excluding hydrogens is 556 g/mol. The second-order valence-corrected chi connectivity index (χ2v) is 10.8. The molecule has 1 N–H and O–H groups in total. The van der Waals surface area contributed by atoms with E-state index in [4.69, 9.17) is 23.9 Å². The quantitative estimate of drug-likeness (QED) is 0.289. The lowest BCUT2D eigenvalue weighted by Crippen LogP contribution is -2.42. The number of carbonyl (C=O) groups is 2. The zero-order valence-electron chi connectivity index (χ0n) is 23.9. The molecule has 5 rings (SSSR count). The lowest BCUT2D eigenvalue weighted by Gasteiger charge is -2.36. The number of amides is 1. The molecule has 1 atom stereocenters. The first-order valence-electron chi connectivity index (χ1n) is 14.0. The SMILES string of the molecule is COCCOC(=O)C1=C(C)N=C2SC=C(CC(=O)NCCN3CCOCC3)N2C1c1cccc(Oc2ccccc2)c1. The average molecular weight is 593 g/mol. The first-order valence-corrected chi connectivity index (χ1v) is 14.9. The zero-order chi connectivity index (χ0) is 29.3. The summed E-state index contributed by atoms with van der Waals surface area (Å²) in [6.45, 7) is 6.72. The Bertz CT molecular complexity index is 1360. The standard InChI is InChI=1S/C31H36N4O6S/c1-22-28(30(37)40-18-17-38-2)29(23-7-6-10-26(19-23)41-25-8-4-3-5-9-25)35-24(21-42-31(35)33-22)20-27(36)32-11-12-34-13-15-39-16-14-34/h3-10,19,21,29H,11-18,20H2,1-2H3,(H,32,36). The van der Waals surface area contributed by atoms with Crippen LogP contribution in [0.2, 0.25) is 0 Å². The largest absolute Gasteiger partial charge is 0.460 e. The molecule has 3 aliphatic rings. The van der Waals surface area contributed by atoms with E-state index in [1.54, 1.807) is 7.11 Å². The number of nitrogens with one attached hydrogen (secondary N) is 1. The van der Waals surface area contributed by atoms with Crippen LogP contribution in [-0.4, -0.2) is 86.6 Å². The van der Waals surface area contributed by atoms with Gasteiger partial charge >= 0.3 is 5.97 Å². The summed E-state index contributed by atoms with van der Waals surface area (Å²) in [7, 11) is 1.56. The van der Waals surface area contributed by atoms with Gasteiger partial charge in [-0.15, -0.1) is 0 Å². The molecule has 1 fully saturated rings. The number of carbonyl (C=O) groups excluding carboxylic acids is 2. The molecule has 222 valence electrons. The number of ether oxygens (including phenoxy) is 4. The van der Waals surface area contributed by atoms with Crippen molar-refractivity contribution in [3.63, 3.8) is 0 Å². The summed E-state index contributed by atoms with van der Waals surface area (Å²) in [5.41, 5.74) is 2.56. The number of amidine groups is 1. The molecule has 2 aromatic carbocycles. The fraction of sp³-hybridized carbons (Fsp3) is 0.387. The minimum Gasteiger partial charge on any atom is -0.460 e. The van der Waals surface area contributed by atoms with Crippen molar-refractivity contribution in [3.8, 4) is 11.5 Å². The molecule has 0 radical (unpaired) electrons. The summed E-state index contributed by atoms with van der Waals surface area (Å²) in [5.74, 6) is 0.771. The summed E-state index contributed by atoms with van der Waals surface area (Å²) < 4.78 is 22.2. The van der Waals surface area contributed by atoms with Crippen LogP contribution in [0.15, 0.2) is 82.0 Å². The predicted molar refractivity (Wildman–Crippen MR) is 161 cm³/mol. The fourth-order valence-electron chi connectivity index (χ4n) is 5.02. The number of methoxy groups -OCH3 is 1. The molecule has 0 aliphatic carbocycles. The first kappa shape index (κ1) is 29.8. The van der Waals surface area contributed by atoms with E-state index >= 15 is 0 Å². The summed E-state index contributed by atoms with van der Waals surface area (Å²) in [5, 5.41) is 5.68. The normalized spacial score (nSPS) is 18.7. The number of thioether (sulfide) groups is 1. The van der Waals surface area contributed by atoms with Crippen LogP contribution < -0.4 is 10.1 Å². The third-order valence-corrected chi connectivity index (χ3v) is 7.98. The van der Waals surface area contributed by atoms with Gasteiger partial charge in [0.1, 0.15) is 18.1 Å². The monoisotopic (exact) mass is 592 g/mol. The van der Waals surface area contributed by atoms with Crippen molar-refractivity contribution in [2.24, 2.45) is 4.99 Å². The minimum absolute atomic E-state index is 0.0910. The van der Waals surface area contributed by atoms with E-state index in [2.05, 4.69) is 10.2 Å². The molecule has 42 heavy (non-hydrogen) atoms. The maximum Gasteiger partial charge on any atom is 0.338 e.